The molecule has 2 rings (SSSR count). The molecule has 0 amide bonds. The van der Waals surface area contributed by atoms with Crippen molar-refractivity contribution in [1.29, 1.82) is 0 Å². The van der Waals surface area contributed by atoms with Crippen LogP contribution in [0.4, 0.5) is 0 Å². The van der Waals surface area contributed by atoms with Gasteiger partial charge in [0.2, 0.25) is 0 Å². The zero-order valence-corrected chi connectivity index (χ0v) is 9.95. The topological polar surface area (TPSA) is 38.9 Å². The molecule has 1 heterocycles. The number of pyridine rings is 1. The second kappa shape index (κ2) is 5.14. The molecule has 0 saturated heterocycles. The van der Waals surface area contributed by atoms with Crippen LogP contribution in [0.5, 0.6) is 0 Å². The third-order valence-electron chi connectivity index (χ3n) is 2.25. The van der Waals surface area contributed by atoms with Crippen LogP contribution in [0.3, 0.4) is 0 Å². The number of aromatic nitrogens is 1. The van der Waals surface area contributed by atoms with Gasteiger partial charge >= 0.3 is 0 Å². The molecule has 1 aromatic heterocycles. The zero-order valence-electron chi connectivity index (χ0n) is 9.13. The third kappa shape index (κ3) is 2.84. The van der Waals surface area contributed by atoms with Crippen molar-refractivity contribution in [2.24, 2.45) is 5.73 Å². The van der Waals surface area contributed by atoms with E-state index in [4.69, 9.17) is 5.73 Å². The van der Waals surface area contributed by atoms with Gasteiger partial charge in [-0.05, 0) is 30.7 Å². The molecular weight excluding hydrogens is 216 g/mol. The molecule has 2 N–H and O–H groups in total. The normalized spacial score (nSPS) is 12.4. The highest BCUT2D eigenvalue weighted by Gasteiger charge is 2.01. The van der Waals surface area contributed by atoms with Crippen molar-refractivity contribution in [3.05, 3.63) is 54.2 Å². The Morgan fingerprint density at radius 1 is 1.12 bits per heavy atom. The first-order chi connectivity index (χ1) is 7.75. The average Bonchev–Trinajstić information content (AvgIpc) is 2.31. The summed E-state index contributed by atoms with van der Waals surface area (Å²) in [6.07, 6.45) is 1.84. The monoisotopic (exact) mass is 230 g/mol. The predicted molar refractivity (Wildman–Crippen MR) is 67.4 cm³/mol. The maximum atomic E-state index is 5.77. The molecule has 1 atom stereocenters. The van der Waals surface area contributed by atoms with E-state index in [0.717, 1.165) is 10.6 Å². The molecule has 0 unspecified atom stereocenters. The van der Waals surface area contributed by atoms with Gasteiger partial charge in [-0.15, -0.1) is 0 Å². The van der Waals surface area contributed by atoms with Crippen molar-refractivity contribution in [3.63, 3.8) is 0 Å². The lowest BCUT2D eigenvalue weighted by Crippen LogP contribution is -2.04. The highest BCUT2D eigenvalue weighted by Crippen LogP contribution is 2.25. The van der Waals surface area contributed by atoms with Gasteiger partial charge in [0.25, 0.3) is 0 Å². The van der Waals surface area contributed by atoms with Gasteiger partial charge in [-0.2, -0.15) is 0 Å². The Kier molecular flexibility index (Phi) is 3.59. The van der Waals surface area contributed by atoms with Crippen LogP contribution in [0, 0.1) is 0 Å². The minimum absolute atomic E-state index is 0.0447. The summed E-state index contributed by atoms with van der Waals surface area (Å²) in [5, 5.41) is 0.996. The van der Waals surface area contributed by atoms with Gasteiger partial charge in [0.05, 0.1) is 0 Å². The molecule has 0 aliphatic rings. The van der Waals surface area contributed by atoms with Crippen molar-refractivity contribution < 1.29 is 0 Å². The van der Waals surface area contributed by atoms with Gasteiger partial charge in [0, 0.05) is 17.1 Å². The standard InChI is InChI=1S/C13H14N2S/c1-10(14)11-7-8-13(15-9-11)16-12-5-3-2-4-6-12/h2-10H,14H2,1H3/t10-/m0/s1. The molecule has 3 heteroatoms. The molecule has 82 valence electrons. The molecular formula is C13H14N2S. The highest BCUT2D eigenvalue weighted by molar-refractivity contribution is 7.99. The van der Waals surface area contributed by atoms with E-state index in [1.54, 1.807) is 11.8 Å². The van der Waals surface area contributed by atoms with Crippen LogP contribution in [0.25, 0.3) is 0 Å². The second-order valence-corrected chi connectivity index (χ2v) is 4.73. The van der Waals surface area contributed by atoms with E-state index in [1.165, 1.54) is 4.90 Å². The predicted octanol–water partition coefficient (Wildman–Crippen LogP) is 3.25. The van der Waals surface area contributed by atoms with Gasteiger partial charge in [-0.1, -0.05) is 36.0 Å². The van der Waals surface area contributed by atoms with Gasteiger partial charge in [0.1, 0.15) is 5.03 Å². The molecule has 0 bridgehead atoms. The van der Waals surface area contributed by atoms with Crippen molar-refractivity contribution in [3.8, 4) is 0 Å². The van der Waals surface area contributed by atoms with E-state index in [2.05, 4.69) is 17.1 Å². The van der Waals surface area contributed by atoms with E-state index < -0.39 is 0 Å². The Morgan fingerprint density at radius 2 is 1.88 bits per heavy atom. The lowest BCUT2D eigenvalue weighted by atomic mass is 10.2. The number of nitrogens with two attached hydrogens (primary N) is 1. The van der Waals surface area contributed by atoms with Crippen molar-refractivity contribution in [2.75, 3.05) is 0 Å². The number of hydrogen-bond donors (Lipinski definition) is 1. The van der Waals surface area contributed by atoms with Gasteiger partial charge < -0.3 is 5.73 Å². The zero-order chi connectivity index (χ0) is 11.4. The lowest BCUT2D eigenvalue weighted by Gasteiger charge is -2.05. The van der Waals surface area contributed by atoms with Crippen molar-refractivity contribution in [1.82, 2.24) is 4.98 Å². The summed E-state index contributed by atoms with van der Waals surface area (Å²) in [7, 11) is 0. The molecule has 2 nitrogen and oxygen atoms in total. The van der Waals surface area contributed by atoms with Crippen molar-refractivity contribution in [2.45, 2.75) is 22.9 Å². The maximum absolute atomic E-state index is 5.77. The first kappa shape index (κ1) is 11.2. The molecule has 0 spiro atoms. The minimum Gasteiger partial charge on any atom is -0.324 e. The average molecular weight is 230 g/mol. The van der Waals surface area contributed by atoms with Crippen LogP contribution in [0.2, 0.25) is 0 Å². The van der Waals surface area contributed by atoms with Crippen molar-refractivity contribution >= 4 is 11.8 Å². The SMILES string of the molecule is C[C@H](N)c1ccc(Sc2ccccc2)nc1. The third-order valence-corrected chi connectivity index (χ3v) is 3.21. The second-order valence-electron chi connectivity index (χ2n) is 3.63. The van der Waals surface area contributed by atoms with E-state index in [0.29, 0.717) is 0 Å². The summed E-state index contributed by atoms with van der Waals surface area (Å²) in [6.45, 7) is 1.96. The lowest BCUT2D eigenvalue weighted by molar-refractivity contribution is 0.806. The van der Waals surface area contributed by atoms with Crippen LogP contribution >= 0.6 is 11.8 Å². The number of rotatable bonds is 3. The molecule has 1 aromatic carbocycles. The van der Waals surface area contributed by atoms with Crippen LogP contribution in [-0.2, 0) is 0 Å². The van der Waals surface area contributed by atoms with E-state index >= 15 is 0 Å². The van der Waals surface area contributed by atoms with E-state index in [9.17, 15) is 0 Å². The summed E-state index contributed by atoms with van der Waals surface area (Å²) < 4.78 is 0. The Balaban J connectivity index is 2.11. The smallest absolute Gasteiger partial charge is 0.101 e. The Bertz CT molecular complexity index is 437. The van der Waals surface area contributed by atoms with Crippen LogP contribution in [0.1, 0.15) is 18.5 Å². The largest absolute Gasteiger partial charge is 0.324 e. The quantitative estimate of drug-likeness (QED) is 0.879. The first-order valence-corrected chi connectivity index (χ1v) is 6.02. The fourth-order valence-electron chi connectivity index (χ4n) is 1.33. The summed E-state index contributed by atoms with van der Waals surface area (Å²) in [4.78, 5) is 5.58. The van der Waals surface area contributed by atoms with Crippen LogP contribution < -0.4 is 5.73 Å². The summed E-state index contributed by atoms with van der Waals surface area (Å²) in [5.74, 6) is 0. The Morgan fingerprint density at radius 3 is 2.44 bits per heavy atom. The Hall–Kier alpha value is -1.32. The molecule has 16 heavy (non-hydrogen) atoms. The highest BCUT2D eigenvalue weighted by atomic mass is 32.2. The van der Waals surface area contributed by atoms with E-state index in [1.807, 2.05) is 43.5 Å². The molecule has 2 aromatic rings. The molecule has 0 fully saturated rings. The van der Waals surface area contributed by atoms with Gasteiger partial charge in [0.15, 0.2) is 0 Å². The number of nitrogens with zero attached hydrogens (tertiary/aromatic N) is 1. The summed E-state index contributed by atoms with van der Waals surface area (Å²) in [5.41, 5.74) is 6.84. The van der Waals surface area contributed by atoms with Gasteiger partial charge in [-0.3, -0.25) is 0 Å². The maximum Gasteiger partial charge on any atom is 0.101 e. The van der Waals surface area contributed by atoms with E-state index in [-0.39, 0.29) is 6.04 Å². The molecule has 0 radical (unpaired) electrons. The fraction of sp³-hybridized carbons (Fsp3) is 0.154. The first-order valence-electron chi connectivity index (χ1n) is 5.20. The van der Waals surface area contributed by atoms with Gasteiger partial charge in [-0.25, -0.2) is 4.98 Å². The summed E-state index contributed by atoms with van der Waals surface area (Å²) >= 11 is 1.66. The van der Waals surface area contributed by atoms with Crippen LogP contribution in [0.15, 0.2) is 58.6 Å². The summed E-state index contributed by atoms with van der Waals surface area (Å²) in [6, 6.07) is 14.3. The fourth-order valence-corrected chi connectivity index (χ4v) is 2.11. The number of benzene rings is 1. The number of hydrogen-bond acceptors (Lipinski definition) is 3. The Labute approximate surface area is 99.9 Å². The van der Waals surface area contributed by atoms with Crippen LogP contribution in [-0.4, -0.2) is 4.98 Å². The molecule has 0 saturated carbocycles. The molecule has 0 aliphatic carbocycles. The minimum atomic E-state index is 0.0447. The molecule has 0 aliphatic heterocycles.